The highest BCUT2D eigenvalue weighted by molar-refractivity contribution is 7.15. The van der Waals surface area contributed by atoms with Crippen LogP contribution in [-0.2, 0) is 17.8 Å². The third kappa shape index (κ3) is 4.26. The molecule has 1 saturated heterocycles. The van der Waals surface area contributed by atoms with E-state index in [-0.39, 0.29) is 11.9 Å². The minimum Gasteiger partial charge on any atom is -0.353 e. The molecule has 7 heteroatoms. The summed E-state index contributed by atoms with van der Waals surface area (Å²) in [5.41, 5.74) is 2.10. The van der Waals surface area contributed by atoms with E-state index in [0.717, 1.165) is 48.2 Å². The summed E-state index contributed by atoms with van der Waals surface area (Å²) in [5.74, 6) is 0.0619. The fraction of sp³-hybridized carbons (Fsp3) is 0.368. The fourth-order valence-corrected chi connectivity index (χ4v) is 4.23. The van der Waals surface area contributed by atoms with Gasteiger partial charge in [-0.25, -0.2) is 4.98 Å². The van der Waals surface area contributed by atoms with Crippen LogP contribution in [0.3, 0.4) is 0 Å². The lowest BCUT2D eigenvalue weighted by atomic mass is 10.0. The maximum atomic E-state index is 12.3. The molecule has 5 nitrogen and oxygen atoms in total. The molecule has 1 fully saturated rings. The number of thiazole rings is 1. The number of carbonyl (C=O) groups excluding carboxylic acids is 1. The van der Waals surface area contributed by atoms with Crippen LogP contribution in [0.15, 0.2) is 42.0 Å². The number of benzene rings is 1. The topological polar surface area (TPSA) is 49.6 Å². The van der Waals surface area contributed by atoms with E-state index >= 15 is 0 Å². The first-order valence-corrected chi connectivity index (χ1v) is 10.1. The Balaban J connectivity index is 1.23. The number of halogens is 1. The van der Waals surface area contributed by atoms with Gasteiger partial charge in [-0.3, -0.25) is 14.1 Å². The van der Waals surface area contributed by atoms with Crippen LogP contribution in [0.2, 0.25) is 5.02 Å². The van der Waals surface area contributed by atoms with Gasteiger partial charge in [0.15, 0.2) is 4.96 Å². The predicted octanol–water partition coefficient (Wildman–Crippen LogP) is 3.37. The highest BCUT2D eigenvalue weighted by Gasteiger charge is 2.21. The van der Waals surface area contributed by atoms with Gasteiger partial charge < -0.3 is 5.32 Å². The third-order valence-corrected chi connectivity index (χ3v) is 5.78. The average molecular weight is 389 g/mol. The number of imidazole rings is 1. The van der Waals surface area contributed by atoms with E-state index < -0.39 is 0 Å². The maximum Gasteiger partial charge on any atom is 0.226 e. The summed E-state index contributed by atoms with van der Waals surface area (Å²) in [6.07, 6.45) is 6.21. The Morgan fingerprint density at radius 2 is 2.04 bits per heavy atom. The second kappa shape index (κ2) is 7.78. The molecule has 3 aromatic rings. The van der Waals surface area contributed by atoms with Crippen molar-refractivity contribution in [3.05, 3.63) is 58.3 Å². The molecule has 1 aliphatic heterocycles. The van der Waals surface area contributed by atoms with Crippen LogP contribution in [0.1, 0.15) is 24.1 Å². The Morgan fingerprint density at radius 3 is 2.77 bits per heavy atom. The van der Waals surface area contributed by atoms with Crippen LogP contribution in [0.4, 0.5) is 0 Å². The van der Waals surface area contributed by atoms with Crippen LogP contribution < -0.4 is 5.32 Å². The monoisotopic (exact) mass is 388 g/mol. The average Bonchev–Trinajstić information content (AvgIpc) is 3.20. The molecule has 26 heavy (non-hydrogen) atoms. The molecule has 0 bridgehead atoms. The molecular formula is C19H21ClN4OS. The van der Waals surface area contributed by atoms with Gasteiger partial charge in [0.25, 0.3) is 0 Å². The van der Waals surface area contributed by atoms with E-state index in [1.165, 1.54) is 5.56 Å². The number of amides is 1. The van der Waals surface area contributed by atoms with E-state index in [4.69, 9.17) is 11.6 Å². The summed E-state index contributed by atoms with van der Waals surface area (Å²) in [6.45, 7) is 2.92. The summed E-state index contributed by atoms with van der Waals surface area (Å²) < 4.78 is 1.96. The van der Waals surface area contributed by atoms with Gasteiger partial charge in [0.05, 0.1) is 12.1 Å². The highest BCUT2D eigenvalue weighted by atomic mass is 35.5. The first kappa shape index (κ1) is 17.5. The second-order valence-electron chi connectivity index (χ2n) is 6.75. The SMILES string of the molecule is O=C(Cc1cn2ccsc2n1)NC1CCN(Cc2ccc(Cl)cc2)CC1. The van der Waals surface area contributed by atoms with Crippen LogP contribution in [-0.4, -0.2) is 39.3 Å². The lowest BCUT2D eigenvalue weighted by Crippen LogP contribution is -2.44. The van der Waals surface area contributed by atoms with Crippen molar-refractivity contribution in [2.45, 2.75) is 31.8 Å². The van der Waals surface area contributed by atoms with E-state index in [1.54, 1.807) is 11.3 Å². The molecular weight excluding hydrogens is 368 g/mol. The third-order valence-electron chi connectivity index (χ3n) is 4.76. The molecule has 1 amide bonds. The highest BCUT2D eigenvalue weighted by Crippen LogP contribution is 2.16. The Labute approximate surface area is 161 Å². The maximum absolute atomic E-state index is 12.3. The molecule has 1 aliphatic rings. The molecule has 136 valence electrons. The Kier molecular flexibility index (Phi) is 5.24. The van der Waals surface area contributed by atoms with Gasteiger partial charge in [-0.2, -0.15) is 0 Å². The number of piperidine rings is 1. The van der Waals surface area contributed by atoms with E-state index in [2.05, 4.69) is 27.3 Å². The van der Waals surface area contributed by atoms with E-state index in [9.17, 15) is 4.79 Å². The zero-order chi connectivity index (χ0) is 17.9. The predicted molar refractivity (Wildman–Crippen MR) is 105 cm³/mol. The number of hydrogen-bond donors (Lipinski definition) is 1. The first-order valence-electron chi connectivity index (χ1n) is 8.83. The molecule has 2 aromatic heterocycles. The quantitative estimate of drug-likeness (QED) is 0.729. The number of fused-ring (bicyclic) bond motifs is 1. The Hall–Kier alpha value is -1.89. The Bertz CT molecular complexity index is 852. The fourth-order valence-electron chi connectivity index (χ4n) is 3.39. The number of nitrogens with one attached hydrogen (secondary N) is 1. The number of rotatable bonds is 5. The molecule has 3 heterocycles. The molecule has 0 spiro atoms. The van der Waals surface area contributed by atoms with Gasteiger partial charge >= 0.3 is 0 Å². The van der Waals surface area contributed by atoms with Crippen molar-refractivity contribution in [1.82, 2.24) is 19.6 Å². The van der Waals surface area contributed by atoms with Crippen molar-refractivity contribution in [1.29, 1.82) is 0 Å². The van der Waals surface area contributed by atoms with Gasteiger partial charge in [-0.15, -0.1) is 11.3 Å². The van der Waals surface area contributed by atoms with Crippen molar-refractivity contribution in [3.8, 4) is 0 Å². The summed E-state index contributed by atoms with van der Waals surface area (Å²) >= 11 is 7.52. The van der Waals surface area contributed by atoms with Gasteiger partial charge in [0.2, 0.25) is 5.91 Å². The minimum absolute atomic E-state index is 0.0619. The smallest absolute Gasteiger partial charge is 0.226 e. The molecule has 0 atom stereocenters. The second-order valence-corrected chi connectivity index (χ2v) is 8.06. The van der Waals surface area contributed by atoms with E-state index in [1.807, 2.05) is 34.3 Å². The van der Waals surface area contributed by atoms with Crippen LogP contribution >= 0.6 is 22.9 Å². The van der Waals surface area contributed by atoms with Crippen LogP contribution in [0.5, 0.6) is 0 Å². The van der Waals surface area contributed by atoms with Crippen molar-refractivity contribution in [2.24, 2.45) is 0 Å². The van der Waals surface area contributed by atoms with Gasteiger partial charge in [-0.05, 0) is 30.5 Å². The van der Waals surface area contributed by atoms with Gasteiger partial charge in [0, 0.05) is 48.5 Å². The number of carbonyl (C=O) groups is 1. The number of nitrogens with zero attached hydrogens (tertiary/aromatic N) is 3. The zero-order valence-electron chi connectivity index (χ0n) is 14.4. The zero-order valence-corrected chi connectivity index (χ0v) is 16.0. The summed E-state index contributed by atoms with van der Waals surface area (Å²) in [4.78, 5) is 20.1. The van der Waals surface area contributed by atoms with E-state index in [0.29, 0.717) is 6.42 Å². The van der Waals surface area contributed by atoms with Crippen LogP contribution in [0.25, 0.3) is 4.96 Å². The molecule has 0 unspecified atom stereocenters. The van der Waals surface area contributed by atoms with Gasteiger partial charge in [0.1, 0.15) is 0 Å². The summed E-state index contributed by atoms with van der Waals surface area (Å²) in [6, 6.07) is 8.28. The molecule has 1 aromatic carbocycles. The molecule has 0 aliphatic carbocycles. The Morgan fingerprint density at radius 1 is 1.27 bits per heavy atom. The number of aromatic nitrogens is 2. The van der Waals surface area contributed by atoms with Gasteiger partial charge in [-0.1, -0.05) is 23.7 Å². The standard InChI is InChI=1S/C19H21ClN4OS/c20-15-3-1-14(2-4-15)12-23-7-5-16(6-8-23)21-18(25)11-17-13-24-9-10-26-19(24)22-17/h1-4,9-10,13,16H,5-8,11-12H2,(H,21,25). The normalized spacial score (nSPS) is 16.2. The van der Waals surface area contributed by atoms with Crippen molar-refractivity contribution in [2.75, 3.05) is 13.1 Å². The summed E-state index contributed by atoms with van der Waals surface area (Å²) in [7, 11) is 0. The van der Waals surface area contributed by atoms with Crippen molar-refractivity contribution < 1.29 is 4.79 Å². The minimum atomic E-state index is 0.0619. The van der Waals surface area contributed by atoms with Crippen molar-refractivity contribution in [3.63, 3.8) is 0 Å². The first-order chi connectivity index (χ1) is 12.7. The molecule has 1 N–H and O–H groups in total. The van der Waals surface area contributed by atoms with Crippen LogP contribution in [0, 0.1) is 0 Å². The molecule has 4 rings (SSSR count). The van der Waals surface area contributed by atoms with Crippen molar-refractivity contribution >= 4 is 33.8 Å². The number of hydrogen-bond acceptors (Lipinski definition) is 4. The summed E-state index contributed by atoms with van der Waals surface area (Å²) in [5, 5.41) is 5.93. The lowest BCUT2D eigenvalue weighted by molar-refractivity contribution is -0.121. The molecule has 0 saturated carbocycles. The number of likely N-dealkylation sites (tertiary alicyclic amines) is 1. The molecule has 0 radical (unpaired) electrons. The largest absolute Gasteiger partial charge is 0.353 e. The lowest BCUT2D eigenvalue weighted by Gasteiger charge is -2.32.